The van der Waals surface area contributed by atoms with E-state index in [1.54, 1.807) is 0 Å². The Morgan fingerprint density at radius 2 is 0.518 bits per heavy atom. The van der Waals surface area contributed by atoms with E-state index < -0.39 is 0 Å². The highest BCUT2D eigenvalue weighted by molar-refractivity contribution is 6.10. The van der Waals surface area contributed by atoms with Crippen molar-refractivity contribution < 1.29 is 0 Å². The van der Waals surface area contributed by atoms with Crippen LogP contribution in [-0.2, 0) is 0 Å². The molecule has 0 fully saturated rings. The Labute approximate surface area is 324 Å². The van der Waals surface area contributed by atoms with Gasteiger partial charge < -0.3 is 9.13 Å². The molecule has 0 spiro atoms. The fraction of sp³-hybridized carbons (Fsp3) is 0. The summed E-state index contributed by atoms with van der Waals surface area (Å²) < 4.78 is 4.62. The Hall–Kier alpha value is -7.92. The number of aromatic nitrogens is 2. The summed E-state index contributed by atoms with van der Waals surface area (Å²) >= 11 is 0. The van der Waals surface area contributed by atoms with Crippen LogP contribution in [0.15, 0.2) is 204 Å². The van der Waals surface area contributed by atoms with Crippen molar-refractivity contribution in [3.05, 3.63) is 216 Å². The predicted molar refractivity (Wildman–Crippen MR) is 231 cm³/mol. The standard InChI is InChI=1S/C52H32N4/c1-5-13-49-45(9-1)46-10-2-6-14-50(46)55(49)43-33-25-39(26-34-43)19-17-37-21-29-41(30-22-37)53-54-42-31-23-38(24-32-42)18-20-40-27-35-44(36-28-40)56-51-15-7-3-11-47(51)48-12-4-8-16-52(48)56/h1-16,21-36H. The third kappa shape index (κ3) is 6.18. The van der Waals surface area contributed by atoms with E-state index in [2.05, 4.69) is 189 Å². The van der Waals surface area contributed by atoms with Crippen LogP contribution in [0.1, 0.15) is 22.3 Å². The van der Waals surface area contributed by atoms with Crippen molar-refractivity contribution in [2.45, 2.75) is 0 Å². The Morgan fingerprint density at radius 1 is 0.268 bits per heavy atom. The largest absolute Gasteiger partial charge is 0.309 e. The third-order valence-electron chi connectivity index (χ3n) is 10.1. The van der Waals surface area contributed by atoms with Crippen molar-refractivity contribution in [3.8, 4) is 35.1 Å². The van der Waals surface area contributed by atoms with Crippen LogP contribution in [0.3, 0.4) is 0 Å². The lowest BCUT2D eigenvalue weighted by molar-refractivity contribution is 1.18. The summed E-state index contributed by atoms with van der Waals surface area (Å²) in [6.07, 6.45) is 0. The lowest BCUT2D eigenvalue weighted by Gasteiger charge is -2.07. The molecule has 2 heterocycles. The molecule has 0 atom stereocenters. The topological polar surface area (TPSA) is 34.6 Å². The maximum absolute atomic E-state index is 4.44. The first-order chi connectivity index (χ1) is 27.7. The maximum Gasteiger partial charge on any atom is 0.0857 e. The van der Waals surface area contributed by atoms with Crippen molar-refractivity contribution in [1.29, 1.82) is 0 Å². The van der Waals surface area contributed by atoms with Crippen molar-refractivity contribution in [1.82, 2.24) is 9.13 Å². The van der Waals surface area contributed by atoms with Gasteiger partial charge in [0.2, 0.25) is 0 Å². The molecule has 260 valence electrons. The van der Waals surface area contributed by atoms with Gasteiger partial charge in [-0.05, 0) is 121 Å². The highest BCUT2D eigenvalue weighted by Crippen LogP contribution is 2.33. The first-order valence-electron chi connectivity index (χ1n) is 18.6. The van der Waals surface area contributed by atoms with Crippen molar-refractivity contribution in [2.24, 2.45) is 10.2 Å². The van der Waals surface area contributed by atoms with Gasteiger partial charge in [-0.3, -0.25) is 0 Å². The average Bonchev–Trinajstić information content (AvgIpc) is 3.78. The minimum Gasteiger partial charge on any atom is -0.309 e. The Morgan fingerprint density at radius 3 is 0.804 bits per heavy atom. The minimum absolute atomic E-state index is 0.763. The molecule has 0 saturated heterocycles. The van der Waals surface area contributed by atoms with Crippen LogP contribution < -0.4 is 0 Å². The quantitative estimate of drug-likeness (QED) is 0.129. The first-order valence-corrected chi connectivity index (χ1v) is 18.6. The second-order valence-electron chi connectivity index (χ2n) is 13.6. The van der Waals surface area contributed by atoms with E-state index in [1.807, 2.05) is 48.5 Å². The highest BCUT2D eigenvalue weighted by Gasteiger charge is 2.12. The monoisotopic (exact) mass is 712 g/mol. The molecule has 56 heavy (non-hydrogen) atoms. The zero-order chi connectivity index (χ0) is 37.3. The third-order valence-corrected chi connectivity index (χ3v) is 10.1. The van der Waals surface area contributed by atoms with E-state index in [4.69, 9.17) is 0 Å². The summed E-state index contributed by atoms with van der Waals surface area (Å²) in [5.41, 5.74) is 12.3. The van der Waals surface area contributed by atoms with Crippen molar-refractivity contribution in [2.75, 3.05) is 0 Å². The molecule has 0 unspecified atom stereocenters. The second-order valence-corrected chi connectivity index (χ2v) is 13.6. The first kappa shape index (κ1) is 32.7. The van der Waals surface area contributed by atoms with Gasteiger partial charge in [0.1, 0.15) is 0 Å². The maximum atomic E-state index is 4.44. The van der Waals surface area contributed by atoms with E-state index >= 15 is 0 Å². The van der Waals surface area contributed by atoms with E-state index in [0.29, 0.717) is 0 Å². The van der Waals surface area contributed by atoms with Crippen LogP contribution in [0, 0.1) is 23.7 Å². The van der Waals surface area contributed by atoms with Gasteiger partial charge in [0.15, 0.2) is 0 Å². The lowest BCUT2D eigenvalue weighted by Crippen LogP contribution is -1.93. The summed E-state index contributed by atoms with van der Waals surface area (Å²) in [5, 5.41) is 13.9. The predicted octanol–water partition coefficient (Wildman–Crippen LogP) is 13.1. The van der Waals surface area contributed by atoms with Gasteiger partial charge in [-0.1, -0.05) is 96.5 Å². The molecule has 0 aliphatic carbocycles. The molecule has 0 radical (unpaired) electrons. The van der Waals surface area contributed by atoms with Crippen molar-refractivity contribution >= 4 is 55.0 Å². The number of azo groups is 1. The molecule has 0 aliphatic heterocycles. The molecule has 0 bridgehead atoms. The van der Waals surface area contributed by atoms with Gasteiger partial charge in [0.25, 0.3) is 0 Å². The molecular weight excluding hydrogens is 681 g/mol. The summed E-state index contributed by atoms with van der Waals surface area (Å²) in [6, 6.07) is 66.7. The molecular formula is C52H32N4. The molecule has 4 heteroatoms. The van der Waals surface area contributed by atoms with Crippen LogP contribution in [0.2, 0.25) is 0 Å². The molecule has 0 aliphatic rings. The summed E-state index contributed by atoms with van der Waals surface area (Å²) in [5.74, 6) is 13.2. The molecule has 10 rings (SSSR count). The van der Waals surface area contributed by atoms with Gasteiger partial charge in [-0.15, -0.1) is 0 Å². The molecule has 0 saturated carbocycles. The molecule has 0 amide bonds. The summed E-state index contributed by atoms with van der Waals surface area (Å²) in [4.78, 5) is 0. The van der Waals surface area contributed by atoms with Crippen LogP contribution in [-0.4, -0.2) is 9.13 Å². The van der Waals surface area contributed by atoms with Gasteiger partial charge >= 0.3 is 0 Å². The van der Waals surface area contributed by atoms with Crippen LogP contribution >= 0.6 is 0 Å². The van der Waals surface area contributed by atoms with Crippen molar-refractivity contribution in [3.63, 3.8) is 0 Å². The van der Waals surface area contributed by atoms with E-state index in [9.17, 15) is 0 Å². The summed E-state index contributed by atoms with van der Waals surface area (Å²) in [7, 11) is 0. The normalized spacial score (nSPS) is 11.2. The number of benzene rings is 8. The van der Waals surface area contributed by atoms with Gasteiger partial charge in [0.05, 0.1) is 33.4 Å². The van der Waals surface area contributed by atoms with E-state index in [1.165, 1.54) is 43.6 Å². The lowest BCUT2D eigenvalue weighted by atomic mass is 10.1. The second kappa shape index (κ2) is 14.1. The molecule has 10 aromatic rings. The van der Waals surface area contributed by atoms with Gasteiger partial charge in [-0.2, -0.15) is 10.2 Å². The Balaban J connectivity index is 0.787. The highest BCUT2D eigenvalue weighted by atomic mass is 15.1. The number of nitrogens with zero attached hydrogens (tertiary/aromatic N) is 4. The zero-order valence-electron chi connectivity index (χ0n) is 30.3. The number of hydrogen-bond acceptors (Lipinski definition) is 2. The van der Waals surface area contributed by atoms with Crippen LogP contribution in [0.25, 0.3) is 55.0 Å². The van der Waals surface area contributed by atoms with Crippen LogP contribution in [0.4, 0.5) is 11.4 Å². The van der Waals surface area contributed by atoms with Gasteiger partial charge in [0, 0.05) is 55.2 Å². The Bertz CT molecular complexity index is 2890. The fourth-order valence-electron chi connectivity index (χ4n) is 7.42. The van der Waals surface area contributed by atoms with E-state index in [-0.39, 0.29) is 0 Å². The molecule has 4 nitrogen and oxygen atoms in total. The smallest absolute Gasteiger partial charge is 0.0857 e. The number of hydrogen-bond donors (Lipinski definition) is 0. The fourth-order valence-corrected chi connectivity index (χ4v) is 7.42. The number of rotatable bonds is 4. The molecule has 0 N–H and O–H groups in total. The molecule has 8 aromatic carbocycles. The van der Waals surface area contributed by atoms with Crippen LogP contribution in [0.5, 0.6) is 0 Å². The number of para-hydroxylation sites is 4. The zero-order valence-corrected chi connectivity index (χ0v) is 30.3. The SMILES string of the molecule is C(#Cc1ccc(-n2c3ccccc3c3ccccc32)cc1)c1ccc(N=Nc2ccc(C#Cc3ccc(-n4c5ccccc5c5ccccc54)cc3)cc2)cc1. The number of fused-ring (bicyclic) bond motifs is 6. The Kier molecular flexibility index (Phi) is 8.26. The minimum atomic E-state index is 0.763. The average molecular weight is 713 g/mol. The van der Waals surface area contributed by atoms with E-state index in [0.717, 1.165) is 45.0 Å². The molecule has 2 aromatic heterocycles. The van der Waals surface area contributed by atoms with Gasteiger partial charge in [-0.25, -0.2) is 0 Å². The summed E-state index contributed by atoms with van der Waals surface area (Å²) in [6.45, 7) is 0.